The smallest absolute Gasteiger partial charge is 0.0586 e. The van der Waals surface area contributed by atoms with Gasteiger partial charge >= 0.3 is 0 Å². The largest absolute Gasteiger partial charge is 0.341 e. The quantitative estimate of drug-likeness (QED) is 0.287. The Bertz CT molecular complexity index is 1780. The molecule has 1 unspecified atom stereocenters. The Morgan fingerprint density at radius 2 is 1.36 bits per heavy atom. The Hall–Kier alpha value is -4.21. The Balaban J connectivity index is 1.33. The van der Waals surface area contributed by atoms with Gasteiger partial charge in [0.15, 0.2) is 0 Å². The topological polar surface area (TPSA) is 29.9 Å². The summed E-state index contributed by atoms with van der Waals surface area (Å²) in [7, 11) is 2.03. The molecule has 1 aliphatic rings. The summed E-state index contributed by atoms with van der Waals surface area (Å²) in [5, 5.41) is 6.08. The summed E-state index contributed by atoms with van der Waals surface area (Å²) < 4.78 is 2.39. The highest BCUT2D eigenvalue weighted by atomic mass is 15.0. The molecule has 0 fully saturated rings. The van der Waals surface area contributed by atoms with Crippen molar-refractivity contribution in [3.63, 3.8) is 0 Å². The van der Waals surface area contributed by atoms with Gasteiger partial charge in [-0.05, 0) is 77.7 Å². The fourth-order valence-electron chi connectivity index (χ4n) is 6.02. The molecule has 0 amide bonds. The molecule has 1 N–H and O–H groups in total. The van der Waals surface area contributed by atoms with Crippen LogP contribution in [0.4, 0.5) is 0 Å². The number of rotatable bonds is 4. The first-order valence-corrected chi connectivity index (χ1v) is 12.6. The van der Waals surface area contributed by atoms with E-state index in [0.29, 0.717) is 0 Å². The number of aromatic nitrogens is 2. The minimum absolute atomic E-state index is 0.242. The SMILES string of the molecule is CCn1c2ccccc2c2cc(-c3cncc(-c4ccc5c(c4)-c4ccccc4C5NC)c3)ccc21. The van der Waals surface area contributed by atoms with E-state index in [-0.39, 0.29) is 6.04 Å². The van der Waals surface area contributed by atoms with Crippen LogP contribution in [0.15, 0.2) is 103 Å². The molecule has 0 bridgehead atoms. The van der Waals surface area contributed by atoms with Crippen LogP contribution < -0.4 is 5.32 Å². The Kier molecular flexibility index (Phi) is 4.80. The predicted octanol–water partition coefficient (Wildman–Crippen LogP) is 7.83. The summed E-state index contributed by atoms with van der Waals surface area (Å²) in [6, 6.07) is 33.5. The summed E-state index contributed by atoms with van der Waals surface area (Å²) in [5.74, 6) is 0. The highest BCUT2D eigenvalue weighted by Gasteiger charge is 2.27. The van der Waals surface area contributed by atoms with Crippen molar-refractivity contribution in [3.05, 3.63) is 115 Å². The zero-order chi connectivity index (χ0) is 24.2. The van der Waals surface area contributed by atoms with E-state index in [1.54, 1.807) is 0 Å². The van der Waals surface area contributed by atoms with Crippen molar-refractivity contribution in [2.75, 3.05) is 7.05 Å². The first-order chi connectivity index (χ1) is 17.8. The summed E-state index contributed by atoms with van der Waals surface area (Å²) in [5.41, 5.74) is 12.5. The van der Waals surface area contributed by atoms with Gasteiger partial charge in [-0.3, -0.25) is 4.98 Å². The molecule has 3 heteroatoms. The van der Waals surface area contributed by atoms with E-state index < -0.39 is 0 Å². The van der Waals surface area contributed by atoms with E-state index in [1.807, 2.05) is 19.4 Å². The van der Waals surface area contributed by atoms with E-state index in [1.165, 1.54) is 55.2 Å². The molecule has 0 spiro atoms. The number of benzene rings is 4. The lowest BCUT2D eigenvalue weighted by Crippen LogP contribution is -2.14. The van der Waals surface area contributed by atoms with Gasteiger partial charge in [-0.1, -0.05) is 60.7 Å². The predicted molar refractivity (Wildman–Crippen MR) is 150 cm³/mol. The fourth-order valence-corrected chi connectivity index (χ4v) is 6.02. The van der Waals surface area contributed by atoms with Gasteiger partial charge in [-0.25, -0.2) is 0 Å². The van der Waals surface area contributed by atoms with Gasteiger partial charge in [0.05, 0.1) is 6.04 Å². The van der Waals surface area contributed by atoms with Gasteiger partial charge in [-0.2, -0.15) is 0 Å². The monoisotopic (exact) mass is 465 g/mol. The van der Waals surface area contributed by atoms with Crippen molar-refractivity contribution >= 4 is 21.8 Å². The number of hydrogen-bond donors (Lipinski definition) is 1. The molecule has 3 nitrogen and oxygen atoms in total. The van der Waals surface area contributed by atoms with Crippen LogP contribution in [0.2, 0.25) is 0 Å². The van der Waals surface area contributed by atoms with Crippen molar-refractivity contribution in [1.29, 1.82) is 0 Å². The molecule has 1 atom stereocenters. The zero-order valence-electron chi connectivity index (χ0n) is 20.5. The number of nitrogens with one attached hydrogen (secondary N) is 1. The van der Waals surface area contributed by atoms with Gasteiger partial charge in [0.1, 0.15) is 0 Å². The normalized spacial score (nSPS) is 14.3. The van der Waals surface area contributed by atoms with Crippen molar-refractivity contribution in [1.82, 2.24) is 14.9 Å². The van der Waals surface area contributed by atoms with Crippen LogP contribution in [0.3, 0.4) is 0 Å². The van der Waals surface area contributed by atoms with Crippen molar-refractivity contribution < 1.29 is 0 Å². The van der Waals surface area contributed by atoms with E-state index in [4.69, 9.17) is 0 Å². The van der Waals surface area contributed by atoms with Gasteiger partial charge in [0.2, 0.25) is 0 Å². The van der Waals surface area contributed by atoms with Gasteiger partial charge in [0.25, 0.3) is 0 Å². The number of para-hydroxylation sites is 1. The Morgan fingerprint density at radius 3 is 2.19 bits per heavy atom. The lowest BCUT2D eigenvalue weighted by atomic mass is 9.97. The highest BCUT2D eigenvalue weighted by Crippen LogP contribution is 2.44. The molecule has 36 heavy (non-hydrogen) atoms. The third kappa shape index (κ3) is 3.06. The molecule has 4 aromatic carbocycles. The van der Waals surface area contributed by atoms with E-state index in [0.717, 1.165) is 17.7 Å². The summed E-state index contributed by atoms with van der Waals surface area (Å²) >= 11 is 0. The molecule has 2 aromatic heterocycles. The second kappa shape index (κ2) is 8.18. The van der Waals surface area contributed by atoms with Crippen molar-refractivity contribution in [2.45, 2.75) is 19.5 Å². The van der Waals surface area contributed by atoms with Crippen LogP contribution in [0, 0.1) is 0 Å². The molecular weight excluding hydrogens is 438 g/mol. The van der Waals surface area contributed by atoms with E-state index in [2.05, 4.69) is 113 Å². The maximum atomic E-state index is 4.65. The standard InChI is InChI=1S/C33H27N3/c1-3-36-31-11-7-6-9-26(31)30-18-22(13-15-32(30)36)24-16-23(19-35-20-24)21-12-14-28-29(17-21)25-8-4-5-10-27(25)33(28)34-2/h4-20,33-34H,3H2,1-2H3. The molecule has 1 aliphatic carbocycles. The van der Waals surface area contributed by atoms with E-state index >= 15 is 0 Å². The minimum atomic E-state index is 0.242. The molecule has 0 aliphatic heterocycles. The highest BCUT2D eigenvalue weighted by molar-refractivity contribution is 6.09. The first kappa shape index (κ1) is 21.1. The Morgan fingerprint density at radius 1 is 0.667 bits per heavy atom. The summed E-state index contributed by atoms with van der Waals surface area (Å²) in [6.45, 7) is 3.16. The van der Waals surface area contributed by atoms with Crippen LogP contribution in [-0.2, 0) is 6.54 Å². The van der Waals surface area contributed by atoms with Crippen LogP contribution in [0.1, 0.15) is 24.1 Å². The second-order valence-electron chi connectivity index (χ2n) is 9.57. The van der Waals surface area contributed by atoms with Gasteiger partial charge in [0, 0.05) is 51.9 Å². The van der Waals surface area contributed by atoms with Crippen molar-refractivity contribution in [2.24, 2.45) is 0 Å². The van der Waals surface area contributed by atoms with Gasteiger partial charge < -0.3 is 9.88 Å². The maximum absolute atomic E-state index is 4.65. The zero-order valence-corrected chi connectivity index (χ0v) is 20.5. The Labute approximate surface area is 211 Å². The summed E-state index contributed by atoms with van der Waals surface area (Å²) in [6.07, 6.45) is 3.95. The number of fused-ring (bicyclic) bond motifs is 6. The molecule has 2 heterocycles. The van der Waals surface area contributed by atoms with Crippen LogP contribution in [-0.4, -0.2) is 16.6 Å². The number of hydrogen-bond acceptors (Lipinski definition) is 2. The third-order valence-corrected chi connectivity index (χ3v) is 7.71. The van der Waals surface area contributed by atoms with Crippen LogP contribution in [0.5, 0.6) is 0 Å². The molecule has 7 rings (SSSR count). The molecule has 0 saturated carbocycles. The molecule has 0 radical (unpaired) electrons. The molecular formula is C33H27N3. The number of nitrogens with zero attached hydrogens (tertiary/aromatic N) is 2. The minimum Gasteiger partial charge on any atom is -0.341 e. The second-order valence-corrected chi connectivity index (χ2v) is 9.57. The lowest BCUT2D eigenvalue weighted by Gasteiger charge is -2.12. The number of pyridine rings is 1. The fraction of sp³-hybridized carbons (Fsp3) is 0.121. The lowest BCUT2D eigenvalue weighted by molar-refractivity contribution is 0.708. The average Bonchev–Trinajstić information content (AvgIpc) is 3.44. The third-order valence-electron chi connectivity index (χ3n) is 7.71. The molecule has 6 aromatic rings. The molecule has 174 valence electrons. The van der Waals surface area contributed by atoms with Crippen molar-refractivity contribution in [3.8, 4) is 33.4 Å². The molecule has 0 saturated heterocycles. The van der Waals surface area contributed by atoms with E-state index in [9.17, 15) is 0 Å². The van der Waals surface area contributed by atoms with Crippen LogP contribution in [0.25, 0.3) is 55.2 Å². The number of aryl methyl sites for hydroxylation is 1. The average molecular weight is 466 g/mol. The first-order valence-electron chi connectivity index (χ1n) is 12.6. The summed E-state index contributed by atoms with van der Waals surface area (Å²) in [4.78, 5) is 4.65. The van der Waals surface area contributed by atoms with Crippen LogP contribution >= 0.6 is 0 Å². The maximum Gasteiger partial charge on any atom is 0.0586 e. The van der Waals surface area contributed by atoms with Gasteiger partial charge in [-0.15, -0.1) is 0 Å².